The highest BCUT2D eigenvalue weighted by atomic mass is 16.7. The van der Waals surface area contributed by atoms with Crippen LogP contribution in [0.15, 0.2) is 12.2 Å². The molecule has 1 saturated carbocycles. The molecule has 1 unspecified atom stereocenters. The van der Waals surface area contributed by atoms with Gasteiger partial charge in [-0.3, -0.25) is 14.4 Å². The van der Waals surface area contributed by atoms with Crippen LogP contribution in [0.4, 0.5) is 0 Å². The van der Waals surface area contributed by atoms with Gasteiger partial charge < -0.3 is 9.47 Å². The first-order valence-electron chi connectivity index (χ1n) is 11.5. The van der Waals surface area contributed by atoms with Crippen LogP contribution in [0, 0.1) is 11.3 Å². The summed E-state index contributed by atoms with van der Waals surface area (Å²) in [5.41, 5.74) is -1.60. The number of ether oxygens (including phenoxy) is 2. The number of hydroxylamine groups is 2. The fraction of sp³-hybridized carbons (Fsp3) is 0.833. The minimum atomic E-state index is -1.32. The van der Waals surface area contributed by atoms with Crippen LogP contribution in [-0.2, 0) is 23.9 Å². The molecule has 0 bridgehead atoms. The molecule has 2 fully saturated rings. The molecule has 1 aliphatic heterocycles. The molecule has 2 atom stereocenters. The maximum absolute atomic E-state index is 13.1. The number of carbonyl (C=O) groups excluding carboxylic acids is 2. The molecule has 6 heteroatoms. The topological polar surface area (TPSA) is 65.1 Å². The Hall–Kier alpha value is -1.40. The molecule has 30 heavy (non-hydrogen) atoms. The van der Waals surface area contributed by atoms with Crippen LogP contribution in [-0.4, -0.2) is 47.4 Å². The Morgan fingerprint density at radius 1 is 0.967 bits per heavy atom. The molecule has 2 rings (SSSR count). The zero-order chi connectivity index (χ0) is 22.6. The lowest BCUT2D eigenvalue weighted by Crippen LogP contribution is -2.60. The van der Waals surface area contributed by atoms with E-state index in [1.54, 1.807) is 13.8 Å². The van der Waals surface area contributed by atoms with Crippen molar-refractivity contribution in [1.82, 2.24) is 5.06 Å². The molecule has 172 valence electrons. The molecule has 6 nitrogen and oxygen atoms in total. The lowest BCUT2D eigenvalue weighted by molar-refractivity contribution is -0.306. The molecule has 0 radical (unpaired) electrons. The van der Waals surface area contributed by atoms with E-state index in [2.05, 4.69) is 32.8 Å². The summed E-state index contributed by atoms with van der Waals surface area (Å²) in [6.45, 7) is 14.7. The second-order valence-corrected chi connectivity index (χ2v) is 9.78. The largest absolute Gasteiger partial charge is 0.465 e. The van der Waals surface area contributed by atoms with Crippen LogP contribution >= 0.6 is 0 Å². The van der Waals surface area contributed by atoms with Crippen molar-refractivity contribution >= 4 is 11.9 Å². The molecule has 1 heterocycles. The fourth-order valence-electron chi connectivity index (χ4n) is 5.40. The highest BCUT2D eigenvalue weighted by Crippen LogP contribution is 2.50. The number of carbonyl (C=O) groups is 2. The van der Waals surface area contributed by atoms with E-state index in [4.69, 9.17) is 14.3 Å². The SMILES string of the molecule is C/C=C/C(ON1C(C)(C)CCCC1(C)C)[C@H]1CCCC1(C(=O)OCC)C(=O)OCC. The third-order valence-electron chi connectivity index (χ3n) is 6.68. The van der Waals surface area contributed by atoms with Crippen LogP contribution < -0.4 is 0 Å². The molecular formula is C24H41NO5. The second kappa shape index (κ2) is 9.82. The Balaban J connectivity index is 2.45. The minimum Gasteiger partial charge on any atom is -0.465 e. The van der Waals surface area contributed by atoms with E-state index in [0.29, 0.717) is 12.8 Å². The summed E-state index contributed by atoms with van der Waals surface area (Å²) in [5.74, 6) is -1.30. The summed E-state index contributed by atoms with van der Waals surface area (Å²) in [4.78, 5) is 33.0. The van der Waals surface area contributed by atoms with E-state index in [0.717, 1.165) is 25.7 Å². The van der Waals surface area contributed by atoms with Crippen LogP contribution in [0.25, 0.3) is 0 Å². The van der Waals surface area contributed by atoms with Gasteiger partial charge in [-0.2, -0.15) is 5.06 Å². The number of hydrogen-bond donors (Lipinski definition) is 0. The van der Waals surface area contributed by atoms with E-state index < -0.39 is 23.5 Å². The van der Waals surface area contributed by atoms with Crippen molar-refractivity contribution < 1.29 is 23.9 Å². The van der Waals surface area contributed by atoms with Gasteiger partial charge >= 0.3 is 11.9 Å². The number of nitrogens with zero attached hydrogens (tertiary/aromatic N) is 1. The average Bonchev–Trinajstić information content (AvgIpc) is 3.10. The molecule has 0 spiro atoms. The Labute approximate surface area is 182 Å². The van der Waals surface area contributed by atoms with Crippen molar-refractivity contribution in [2.45, 2.75) is 104 Å². The number of hydrogen-bond acceptors (Lipinski definition) is 6. The summed E-state index contributed by atoms with van der Waals surface area (Å²) < 4.78 is 10.8. The van der Waals surface area contributed by atoms with Gasteiger partial charge in [0.05, 0.1) is 13.2 Å². The van der Waals surface area contributed by atoms with Gasteiger partial charge in [-0.1, -0.05) is 18.6 Å². The molecule has 1 saturated heterocycles. The summed E-state index contributed by atoms with van der Waals surface area (Å²) >= 11 is 0. The zero-order valence-electron chi connectivity index (χ0n) is 20.0. The number of piperidine rings is 1. The zero-order valence-corrected chi connectivity index (χ0v) is 20.0. The van der Waals surface area contributed by atoms with Crippen molar-refractivity contribution in [1.29, 1.82) is 0 Å². The summed E-state index contributed by atoms with van der Waals surface area (Å²) in [6, 6.07) is 0. The Morgan fingerprint density at radius 2 is 1.50 bits per heavy atom. The highest BCUT2D eigenvalue weighted by molar-refractivity contribution is 6.01. The Morgan fingerprint density at radius 3 is 1.97 bits per heavy atom. The smallest absolute Gasteiger partial charge is 0.323 e. The fourth-order valence-corrected chi connectivity index (χ4v) is 5.40. The summed E-state index contributed by atoms with van der Waals surface area (Å²) in [6.07, 6.45) is 8.61. The third kappa shape index (κ3) is 4.75. The first-order valence-corrected chi connectivity index (χ1v) is 11.5. The van der Waals surface area contributed by atoms with E-state index in [1.165, 1.54) is 0 Å². The summed E-state index contributed by atoms with van der Waals surface area (Å²) in [7, 11) is 0. The van der Waals surface area contributed by atoms with Crippen LogP contribution in [0.3, 0.4) is 0 Å². The number of rotatable bonds is 8. The van der Waals surface area contributed by atoms with Gasteiger partial charge in [0.1, 0.15) is 6.10 Å². The summed E-state index contributed by atoms with van der Waals surface area (Å²) in [5, 5.41) is 2.10. The van der Waals surface area contributed by atoms with Gasteiger partial charge in [-0.25, -0.2) is 0 Å². The number of esters is 2. The Bertz CT molecular complexity index is 606. The minimum absolute atomic E-state index is 0.142. The number of allylic oxidation sites excluding steroid dienone is 1. The molecular weight excluding hydrogens is 382 g/mol. The Kier molecular flexibility index (Phi) is 8.14. The molecule has 0 aromatic rings. The third-order valence-corrected chi connectivity index (χ3v) is 6.68. The van der Waals surface area contributed by atoms with Gasteiger partial charge in [0.15, 0.2) is 5.41 Å². The molecule has 0 aromatic heterocycles. The van der Waals surface area contributed by atoms with Gasteiger partial charge in [0.2, 0.25) is 0 Å². The predicted octanol–water partition coefficient (Wildman–Crippen LogP) is 4.82. The van der Waals surface area contributed by atoms with Gasteiger partial charge in [-0.15, -0.1) is 0 Å². The highest BCUT2D eigenvalue weighted by Gasteiger charge is 2.60. The van der Waals surface area contributed by atoms with Crippen molar-refractivity contribution in [2.75, 3.05) is 13.2 Å². The lowest BCUT2D eigenvalue weighted by atomic mass is 9.74. The van der Waals surface area contributed by atoms with Crippen molar-refractivity contribution in [3.05, 3.63) is 12.2 Å². The first kappa shape index (κ1) is 24.9. The maximum atomic E-state index is 13.1. The van der Waals surface area contributed by atoms with Gasteiger partial charge in [0.25, 0.3) is 0 Å². The van der Waals surface area contributed by atoms with Crippen LogP contribution in [0.1, 0.15) is 87.0 Å². The maximum Gasteiger partial charge on any atom is 0.323 e. The van der Waals surface area contributed by atoms with E-state index in [9.17, 15) is 9.59 Å². The van der Waals surface area contributed by atoms with Crippen LogP contribution in [0.2, 0.25) is 0 Å². The quantitative estimate of drug-likeness (QED) is 0.317. The van der Waals surface area contributed by atoms with Gasteiger partial charge in [0, 0.05) is 17.0 Å². The molecule has 1 aliphatic carbocycles. The molecule has 2 aliphatic rings. The van der Waals surface area contributed by atoms with E-state index >= 15 is 0 Å². The van der Waals surface area contributed by atoms with E-state index in [-0.39, 0.29) is 30.2 Å². The molecule has 0 amide bonds. The first-order chi connectivity index (χ1) is 14.1. The van der Waals surface area contributed by atoms with Gasteiger partial charge in [-0.05, 0) is 80.6 Å². The monoisotopic (exact) mass is 423 g/mol. The second-order valence-electron chi connectivity index (χ2n) is 9.78. The lowest BCUT2D eigenvalue weighted by Gasteiger charge is -2.53. The average molecular weight is 424 g/mol. The standard InChI is InChI=1S/C24H41NO5/c1-8-13-19(30-25-22(4,5)15-12-16-23(25,6)7)18-14-11-17-24(18,20(26)28-9-2)21(27)29-10-3/h8,13,18-19H,9-12,14-17H2,1-7H3/b13-8+/t18-,19?/m1/s1. The molecule has 0 aromatic carbocycles. The van der Waals surface area contributed by atoms with Crippen molar-refractivity contribution in [3.63, 3.8) is 0 Å². The van der Waals surface area contributed by atoms with Crippen LogP contribution in [0.5, 0.6) is 0 Å². The predicted molar refractivity (Wildman–Crippen MR) is 117 cm³/mol. The van der Waals surface area contributed by atoms with Crippen molar-refractivity contribution in [2.24, 2.45) is 11.3 Å². The molecule has 0 N–H and O–H groups in total. The van der Waals surface area contributed by atoms with E-state index in [1.807, 2.05) is 19.1 Å². The van der Waals surface area contributed by atoms with Crippen molar-refractivity contribution in [3.8, 4) is 0 Å². The normalized spacial score (nSPS) is 26.4.